The molecular formula is C15H15Cl2NO2. The van der Waals surface area contributed by atoms with Gasteiger partial charge in [0.25, 0.3) is 0 Å². The lowest BCUT2D eigenvalue weighted by Crippen LogP contribution is -2.11. The molecule has 2 aromatic rings. The van der Waals surface area contributed by atoms with E-state index in [1.165, 1.54) is 0 Å². The van der Waals surface area contributed by atoms with Crippen LogP contribution in [0.25, 0.3) is 0 Å². The van der Waals surface area contributed by atoms with Gasteiger partial charge in [-0.2, -0.15) is 0 Å². The highest BCUT2D eigenvalue weighted by molar-refractivity contribution is 6.35. The molecule has 0 radical (unpaired) electrons. The number of halogens is 2. The number of para-hydroxylation sites is 1. The van der Waals surface area contributed by atoms with Crippen molar-refractivity contribution < 1.29 is 9.47 Å². The van der Waals surface area contributed by atoms with Crippen molar-refractivity contribution in [2.24, 2.45) is 5.73 Å². The van der Waals surface area contributed by atoms with Gasteiger partial charge in [0, 0.05) is 17.1 Å². The van der Waals surface area contributed by atoms with Crippen molar-refractivity contribution in [2.75, 3.05) is 13.2 Å². The minimum absolute atomic E-state index is 0.315. The van der Waals surface area contributed by atoms with Crippen LogP contribution < -0.4 is 15.2 Å². The van der Waals surface area contributed by atoms with Gasteiger partial charge < -0.3 is 15.2 Å². The Morgan fingerprint density at radius 3 is 2.35 bits per heavy atom. The monoisotopic (exact) mass is 311 g/mol. The van der Waals surface area contributed by atoms with E-state index in [9.17, 15) is 0 Å². The first kappa shape index (κ1) is 15.0. The van der Waals surface area contributed by atoms with Gasteiger partial charge in [-0.1, -0.05) is 41.4 Å². The summed E-state index contributed by atoms with van der Waals surface area (Å²) in [7, 11) is 0. The Kier molecular flexibility index (Phi) is 5.53. The van der Waals surface area contributed by atoms with E-state index in [0.717, 1.165) is 11.3 Å². The number of rotatable bonds is 6. The van der Waals surface area contributed by atoms with E-state index < -0.39 is 0 Å². The van der Waals surface area contributed by atoms with Crippen LogP contribution in [-0.4, -0.2) is 13.2 Å². The molecule has 0 fully saturated rings. The molecular weight excluding hydrogens is 297 g/mol. The summed E-state index contributed by atoms with van der Waals surface area (Å²) >= 11 is 12.0. The third-order valence-corrected chi connectivity index (χ3v) is 3.15. The van der Waals surface area contributed by atoms with E-state index in [1.807, 2.05) is 30.3 Å². The second kappa shape index (κ2) is 7.39. The summed E-state index contributed by atoms with van der Waals surface area (Å²) in [6.45, 7) is 1.12. The first-order valence-electron chi connectivity index (χ1n) is 6.19. The normalized spacial score (nSPS) is 10.3. The second-order valence-electron chi connectivity index (χ2n) is 4.09. The Morgan fingerprint density at radius 2 is 1.65 bits per heavy atom. The van der Waals surface area contributed by atoms with Crippen molar-refractivity contribution in [1.82, 2.24) is 0 Å². The molecule has 0 saturated carbocycles. The van der Waals surface area contributed by atoms with Gasteiger partial charge in [-0.15, -0.1) is 0 Å². The zero-order valence-electron chi connectivity index (χ0n) is 10.8. The van der Waals surface area contributed by atoms with Crippen molar-refractivity contribution in [3.05, 3.63) is 58.1 Å². The number of nitrogens with two attached hydrogens (primary N) is 1. The lowest BCUT2D eigenvalue weighted by molar-refractivity contribution is 0.216. The molecule has 0 saturated heterocycles. The average Bonchev–Trinajstić information content (AvgIpc) is 2.45. The molecule has 2 aromatic carbocycles. The van der Waals surface area contributed by atoms with E-state index in [0.29, 0.717) is 35.6 Å². The van der Waals surface area contributed by atoms with Gasteiger partial charge >= 0.3 is 0 Å². The Morgan fingerprint density at radius 1 is 0.950 bits per heavy atom. The number of benzene rings is 2. The number of hydrogen-bond acceptors (Lipinski definition) is 3. The van der Waals surface area contributed by atoms with Gasteiger partial charge in [0.1, 0.15) is 24.7 Å². The molecule has 0 heterocycles. The Bertz CT molecular complexity index is 561. The largest absolute Gasteiger partial charge is 0.490 e. The van der Waals surface area contributed by atoms with E-state index in [4.69, 9.17) is 38.4 Å². The summed E-state index contributed by atoms with van der Waals surface area (Å²) in [5.74, 6) is 1.37. The average molecular weight is 312 g/mol. The zero-order chi connectivity index (χ0) is 14.4. The smallest absolute Gasteiger partial charge is 0.142 e. The molecule has 20 heavy (non-hydrogen) atoms. The summed E-state index contributed by atoms with van der Waals surface area (Å²) in [4.78, 5) is 0. The molecule has 0 spiro atoms. The molecule has 0 bridgehead atoms. The molecule has 0 unspecified atom stereocenters. The highest BCUT2D eigenvalue weighted by Gasteiger charge is 2.09. The molecule has 3 nitrogen and oxygen atoms in total. The summed E-state index contributed by atoms with van der Waals surface area (Å²) in [6.07, 6.45) is 0. The number of hydrogen-bond donors (Lipinski definition) is 1. The third kappa shape index (κ3) is 4.04. The molecule has 0 aromatic heterocycles. The minimum atomic E-state index is 0.315. The maximum atomic E-state index is 6.10. The van der Waals surface area contributed by atoms with Crippen molar-refractivity contribution >= 4 is 23.2 Å². The second-order valence-corrected chi connectivity index (χ2v) is 4.93. The minimum Gasteiger partial charge on any atom is -0.490 e. The highest BCUT2D eigenvalue weighted by atomic mass is 35.5. The molecule has 2 N–H and O–H groups in total. The first-order valence-corrected chi connectivity index (χ1v) is 6.95. The van der Waals surface area contributed by atoms with Crippen LogP contribution in [-0.2, 0) is 6.54 Å². The van der Waals surface area contributed by atoms with Crippen LogP contribution >= 0.6 is 23.2 Å². The Hall–Kier alpha value is -1.42. The molecule has 0 aliphatic carbocycles. The molecule has 0 aliphatic rings. The van der Waals surface area contributed by atoms with Gasteiger partial charge in [0.2, 0.25) is 0 Å². The zero-order valence-corrected chi connectivity index (χ0v) is 12.3. The van der Waals surface area contributed by atoms with Crippen LogP contribution in [0.5, 0.6) is 11.5 Å². The first-order chi connectivity index (χ1) is 9.70. The summed E-state index contributed by atoms with van der Waals surface area (Å²) in [6, 6.07) is 12.9. The summed E-state index contributed by atoms with van der Waals surface area (Å²) in [5, 5.41) is 1.00. The number of ether oxygens (including phenoxy) is 2. The summed E-state index contributed by atoms with van der Waals surface area (Å²) < 4.78 is 11.2. The van der Waals surface area contributed by atoms with Crippen LogP contribution in [0, 0.1) is 0 Å². The fourth-order valence-corrected chi connectivity index (χ4v) is 2.34. The fourth-order valence-electron chi connectivity index (χ4n) is 1.75. The van der Waals surface area contributed by atoms with Crippen molar-refractivity contribution in [1.29, 1.82) is 0 Å². The Labute approximate surface area is 128 Å². The van der Waals surface area contributed by atoms with E-state index in [-0.39, 0.29) is 0 Å². The van der Waals surface area contributed by atoms with Crippen molar-refractivity contribution in [3.63, 3.8) is 0 Å². The van der Waals surface area contributed by atoms with E-state index >= 15 is 0 Å². The Balaban J connectivity index is 1.91. The fraction of sp³-hybridized carbons (Fsp3) is 0.200. The molecule has 2 rings (SSSR count). The molecule has 5 heteroatoms. The quantitative estimate of drug-likeness (QED) is 0.823. The lowest BCUT2D eigenvalue weighted by Gasteiger charge is -2.13. The van der Waals surface area contributed by atoms with Crippen LogP contribution in [0.1, 0.15) is 5.56 Å². The van der Waals surface area contributed by atoms with Gasteiger partial charge in [0.15, 0.2) is 0 Å². The van der Waals surface area contributed by atoms with Gasteiger partial charge in [-0.3, -0.25) is 0 Å². The predicted molar refractivity (Wildman–Crippen MR) is 81.8 cm³/mol. The predicted octanol–water partition coefficient (Wildman–Crippen LogP) is 3.91. The SMILES string of the molecule is NCc1cc(Cl)cc(Cl)c1OCCOc1ccccc1. The molecule has 106 valence electrons. The highest BCUT2D eigenvalue weighted by Crippen LogP contribution is 2.32. The molecule has 0 amide bonds. The van der Waals surface area contributed by atoms with E-state index in [1.54, 1.807) is 12.1 Å². The summed E-state index contributed by atoms with van der Waals surface area (Å²) in [5.41, 5.74) is 6.43. The maximum Gasteiger partial charge on any atom is 0.142 e. The van der Waals surface area contributed by atoms with Gasteiger partial charge in [-0.05, 0) is 24.3 Å². The van der Waals surface area contributed by atoms with Crippen LogP contribution in [0.3, 0.4) is 0 Å². The molecule has 0 aliphatic heterocycles. The standard InChI is InChI=1S/C15H15Cl2NO2/c16-12-8-11(10-18)15(14(17)9-12)20-7-6-19-13-4-2-1-3-5-13/h1-5,8-9H,6-7,10,18H2. The third-order valence-electron chi connectivity index (χ3n) is 2.65. The van der Waals surface area contributed by atoms with E-state index in [2.05, 4.69) is 0 Å². The van der Waals surface area contributed by atoms with Crippen molar-refractivity contribution in [3.8, 4) is 11.5 Å². The lowest BCUT2D eigenvalue weighted by atomic mass is 10.2. The van der Waals surface area contributed by atoms with Crippen molar-refractivity contribution in [2.45, 2.75) is 6.54 Å². The van der Waals surface area contributed by atoms with Crippen LogP contribution in [0.4, 0.5) is 0 Å². The molecule has 0 atom stereocenters. The van der Waals surface area contributed by atoms with Crippen LogP contribution in [0.2, 0.25) is 10.0 Å². The topological polar surface area (TPSA) is 44.5 Å². The van der Waals surface area contributed by atoms with Gasteiger partial charge in [0.05, 0.1) is 5.02 Å². The maximum absolute atomic E-state index is 6.10. The van der Waals surface area contributed by atoms with Gasteiger partial charge in [-0.25, -0.2) is 0 Å². The van der Waals surface area contributed by atoms with Crippen LogP contribution in [0.15, 0.2) is 42.5 Å².